The van der Waals surface area contributed by atoms with Crippen molar-refractivity contribution >= 4 is 0 Å². The average Bonchev–Trinajstić information content (AvgIpc) is 2.67. The Hall–Kier alpha value is -0.970. The van der Waals surface area contributed by atoms with E-state index in [1.165, 1.54) is 6.42 Å². The van der Waals surface area contributed by atoms with Gasteiger partial charge in [0.15, 0.2) is 5.82 Å². The summed E-state index contributed by atoms with van der Waals surface area (Å²) in [6.07, 6.45) is 2.30. The molecule has 5 heteroatoms. The Labute approximate surface area is 96.6 Å². The van der Waals surface area contributed by atoms with E-state index in [1.54, 1.807) is 0 Å². The van der Waals surface area contributed by atoms with Gasteiger partial charge in [0.05, 0.1) is 12.1 Å². The molecule has 2 unspecified atom stereocenters. The fraction of sp³-hybridized carbons (Fsp3) is 0.909. The van der Waals surface area contributed by atoms with E-state index >= 15 is 0 Å². The second-order valence-electron chi connectivity index (χ2n) is 5.37. The molecule has 0 aliphatic heterocycles. The summed E-state index contributed by atoms with van der Waals surface area (Å²) >= 11 is 0. The van der Waals surface area contributed by atoms with Crippen LogP contribution < -0.4 is 5.32 Å². The van der Waals surface area contributed by atoms with Gasteiger partial charge in [0.25, 0.3) is 0 Å². The molecule has 0 radical (unpaired) electrons. The number of tetrazole rings is 1. The first-order valence-corrected chi connectivity index (χ1v) is 6.07. The van der Waals surface area contributed by atoms with Crippen molar-refractivity contribution in [2.24, 2.45) is 5.41 Å². The van der Waals surface area contributed by atoms with Crippen molar-refractivity contribution in [3.05, 3.63) is 5.82 Å². The van der Waals surface area contributed by atoms with E-state index in [1.807, 2.05) is 4.68 Å². The Balaban J connectivity index is 2.08. The highest BCUT2D eigenvalue weighted by Gasteiger charge is 2.49. The largest absolute Gasteiger partial charge is 0.307 e. The smallest absolute Gasteiger partial charge is 0.168 e. The van der Waals surface area contributed by atoms with E-state index in [-0.39, 0.29) is 6.04 Å². The first kappa shape index (κ1) is 11.5. The highest BCUT2D eigenvalue weighted by Crippen LogP contribution is 2.55. The predicted molar refractivity (Wildman–Crippen MR) is 62.0 cm³/mol. The minimum Gasteiger partial charge on any atom is -0.307 e. The minimum atomic E-state index is 0.228. The molecule has 1 aliphatic carbocycles. The molecule has 1 aliphatic rings. The summed E-state index contributed by atoms with van der Waals surface area (Å²) in [5.74, 6) is 0.962. The first-order valence-electron chi connectivity index (χ1n) is 6.07. The molecule has 16 heavy (non-hydrogen) atoms. The van der Waals surface area contributed by atoms with Crippen LogP contribution in [-0.2, 0) is 0 Å². The lowest BCUT2D eigenvalue weighted by molar-refractivity contribution is 0.446. The average molecular weight is 223 g/mol. The summed E-state index contributed by atoms with van der Waals surface area (Å²) in [7, 11) is 0. The van der Waals surface area contributed by atoms with Crippen molar-refractivity contribution in [3.63, 3.8) is 0 Å². The van der Waals surface area contributed by atoms with E-state index < -0.39 is 0 Å². The van der Waals surface area contributed by atoms with Crippen LogP contribution in [0.4, 0.5) is 0 Å². The van der Waals surface area contributed by atoms with E-state index in [9.17, 15) is 0 Å². The lowest BCUT2D eigenvalue weighted by Gasteiger charge is -2.13. The van der Waals surface area contributed by atoms with Crippen LogP contribution in [0.1, 0.15) is 58.4 Å². The van der Waals surface area contributed by atoms with Crippen molar-refractivity contribution in [1.29, 1.82) is 0 Å². The molecule has 0 bridgehead atoms. The Morgan fingerprint density at radius 2 is 2.25 bits per heavy atom. The zero-order chi connectivity index (χ0) is 11.8. The Kier molecular flexibility index (Phi) is 2.97. The van der Waals surface area contributed by atoms with E-state index in [0.29, 0.717) is 11.5 Å². The van der Waals surface area contributed by atoms with Crippen molar-refractivity contribution in [3.8, 4) is 0 Å². The highest BCUT2D eigenvalue weighted by molar-refractivity contribution is 5.04. The van der Waals surface area contributed by atoms with Gasteiger partial charge in [0.1, 0.15) is 0 Å². The molecule has 1 fully saturated rings. The second kappa shape index (κ2) is 4.13. The molecule has 1 saturated carbocycles. The number of nitrogens with zero attached hydrogens (tertiary/aromatic N) is 4. The zero-order valence-electron chi connectivity index (χ0n) is 10.6. The van der Waals surface area contributed by atoms with Gasteiger partial charge in [-0.25, -0.2) is 4.68 Å². The molecule has 0 spiro atoms. The molecule has 0 saturated heterocycles. The van der Waals surface area contributed by atoms with E-state index in [2.05, 4.69) is 48.5 Å². The normalized spacial score (nSPS) is 24.4. The SMILES string of the molecule is CCCNC(C)c1nnnn1C1CC1(C)C. The number of hydrogen-bond donors (Lipinski definition) is 1. The standard InChI is InChI=1S/C11H21N5/c1-5-6-12-8(2)10-13-14-15-16(10)9-7-11(9,3)4/h8-9,12H,5-7H2,1-4H3. The van der Waals surface area contributed by atoms with Gasteiger partial charge < -0.3 is 5.32 Å². The Morgan fingerprint density at radius 3 is 2.81 bits per heavy atom. The van der Waals surface area contributed by atoms with Crippen molar-refractivity contribution in [2.75, 3.05) is 6.54 Å². The van der Waals surface area contributed by atoms with Gasteiger partial charge in [-0.05, 0) is 42.2 Å². The monoisotopic (exact) mass is 223 g/mol. The summed E-state index contributed by atoms with van der Waals surface area (Å²) in [6, 6.07) is 0.703. The predicted octanol–water partition coefficient (Wildman–Crippen LogP) is 1.70. The molecular weight excluding hydrogens is 202 g/mol. The molecular formula is C11H21N5. The number of hydrogen-bond acceptors (Lipinski definition) is 4. The van der Waals surface area contributed by atoms with E-state index in [0.717, 1.165) is 18.8 Å². The lowest BCUT2D eigenvalue weighted by atomic mass is 10.2. The zero-order valence-corrected chi connectivity index (χ0v) is 10.6. The topological polar surface area (TPSA) is 55.6 Å². The molecule has 1 heterocycles. The van der Waals surface area contributed by atoms with Crippen LogP contribution in [0.5, 0.6) is 0 Å². The Morgan fingerprint density at radius 1 is 1.56 bits per heavy atom. The maximum absolute atomic E-state index is 4.14. The summed E-state index contributed by atoms with van der Waals surface area (Å²) in [4.78, 5) is 0. The number of rotatable bonds is 5. The van der Waals surface area contributed by atoms with Crippen LogP contribution in [0.25, 0.3) is 0 Å². The van der Waals surface area contributed by atoms with Gasteiger partial charge in [0.2, 0.25) is 0 Å². The quantitative estimate of drug-likeness (QED) is 0.825. The maximum atomic E-state index is 4.14. The second-order valence-corrected chi connectivity index (χ2v) is 5.37. The van der Waals surface area contributed by atoms with E-state index in [4.69, 9.17) is 0 Å². The van der Waals surface area contributed by atoms with Gasteiger partial charge >= 0.3 is 0 Å². The third-order valence-corrected chi connectivity index (χ3v) is 3.36. The van der Waals surface area contributed by atoms with Gasteiger partial charge in [-0.3, -0.25) is 0 Å². The lowest BCUT2D eigenvalue weighted by Crippen LogP contribution is -2.23. The van der Waals surface area contributed by atoms with Crippen LogP contribution in [0.3, 0.4) is 0 Å². The fourth-order valence-electron chi connectivity index (χ4n) is 2.02. The van der Waals surface area contributed by atoms with Crippen LogP contribution in [0, 0.1) is 5.41 Å². The van der Waals surface area contributed by atoms with Crippen LogP contribution in [0.2, 0.25) is 0 Å². The molecule has 0 amide bonds. The van der Waals surface area contributed by atoms with Gasteiger partial charge in [0, 0.05) is 0 Å². The van der Waals surface area contributed by atoms with Crippen molar-refractivity contribution < 1.29 is 0 Å². The summed E-state index contributed by atoms with van der Waals surface area (Å²) < 4.78 is 1.99. The highest BCUT2D eigenvalue weighted by atomic mass is 15.6. The Bertz CT molecular complexity index is 357. The van der Waals surface area contributed by atoms with Crippen LogP contribution in [0.15, 0.2) is 0 Å². The summed E-state index contributed by atoms with van der Waals surface area (Å²) in [5.41, 5.74) is 0.356. The van der Waals surface area contributed by atoms with Crippen LogP contribution in [-0.4, -0.2) is 26.8 Å². The molecule has 1 aromatic heterocycles. The molecule has 2 atom stereocenters. The summed E-state index contributed by atoms with van der Waals surface area (Å²) in [6.45, 7) is 9.79. The fourth-order valence-corrected chi connectivity index (χ4v) is 2.02. The van der Waals surface area contributed by atoms with Gasteiger partial charge in [-0.15, -0.1) is 5.10 Å². The van der Waals surface area contributed by atoms with Crippen molar-refractivity contribution in [1.82, 2.24) is 25.5 Å². The van der Waals surface area contributed by atoms with Crippen LogP contribution >= 0.6 is 0 Å². The van der Waals surface area contributed by atoms with Crippen molar-refractivity contribution in [2.45, 2.75) is 52.6 Å². The van der Waals surface area contributed by atoms with Gasteiger partial charge in [-0.1, -0.05) is 20.8 Å². The van der Waals surface area contributed by atoms with Gasteiger partial charge in [-0.2, -0.15) is 0 Å². The molecule has 0 aromatic carbocycles. The number of aromatic nitrogens is 4. The summed E-state index contributed by atoms with van der Waals surface area (Å²) in [5, 5.41) is 15.5. The minimum absolute atomic E-state index is 0.228. The molecule has 1 N–H and O–H groups in total. The maximum Gasteiger partial charge on any atom is 0.168 e. The third kappa shape index (κ3) is 2.09. The molecule has 90 valence electrons. The molecule has 1 aromatic rings. The first-order chi connectivity index (χ1) is 7.56. The molecule has 5 nitrogen and oxygen atoms in total. The number of nitrogens with one attached hydrogen (secondary N) is 1. The third-order valence-electron chi connectivity index (χ3n) is 3.36. The molecule has 2 rings (SSSR count).